The van der Waals surface area contributed by atoms with E-state index >= 15 is 0 Å². The highest BCUT2D eigenvalue weighted by atomic mass is 32.2. The number of hydrogen-bond acceptors (Lipinski definition) is 8. The van der Waals surface area contributed by atoms with Crippen molar-refractivity contribution in [3.63, 3.8) is 0 Å². The van der Waals surface area contributed by atoms with Crippen LogP contribution in [0.1, 0.15) is 32.8 Å². The van der Waals surface area contributed by atoms with Crippen molar-refractivity contribution in [2.24, 2.45) is 0 Å². The van der Waals surface area contributed by atoms with E-state index in [9.17, 15) is 23.2 Å². The van der Waals surface area contributed by atoms with Crippen molar-refractivity contribution in [3.8, 4) is 0 Å². The summed E-state index contributed by atoms with van der Waals surface area (Å²) >= 11 is 2.41. The van der Waals surface area contributed by atoms with E-state index < -0.39 is 28.6 Å². The summed E-state index contributed by atoms with van der Waals surface area (Å²) in [6, 6.07) is 25.9. The van der Waals surface area contributed by atoms with Gasteiger partial charge in [-0.3, -0.25) is 19.3 Å². The fraction of sp³-hybridized carbons (Fsp3) is 0.0882. The number of amides is 2. The number of thioether (sulfide) groups is 1. The first-order valence-corrected chi connectivity index (χ1v) is 15.9. The Morgan fingerprint density at radius 2 is 1.57 bits per heavy atom. The summed E-state index contributed by atoms with van der Waals surface area (Å²) in [6.07, 6.45) is 0. The molecule has 8 rings (SSSR count). The van der Waals surface area contributed by atoms with Crippen molar-refractivity contribution in [2.75, 3.05) is 9.80 Å². The predicted molar refractivity (Wildman–Crippen MR) is 170 cm³/mol. The van der Waals surface area contributed by atoms with Crippen LogP contribution in [0.25, 0.3) is 11.0 Å². The number of halogens is 2. The molecule has 0 saturated carbocycles. The van der Waals surface area contributed by atoms with E-state index in [1.165, 1.54) is 34.9 Å². The van der Waals surface area contributed by atoms with Gasteiger partial charge in [-0.25, -0.2) is 8.78 Å². The monoisotopic (exact) mass is 650 g/mol. The number of nitrogens with zero attached hydrogens (tertiary/aromatic N) is 4. The van der Waals surface area contributed by atoms with Crippen LogP contribution in [0.2, 0.25) is 0 Å². The van der Waals surface area contributed by atoms with Crippen molar-refractivity contribution in [3.05, 3.63) is 147 Å². The lowest BCUT2D eigenvalue weighted by atomic mass is 9.84. The number of anilines is 2. The summed E-state index contributed by atoms with van der Waals surface area (Å²) < 4.78 is 34.3. The van der Waals surface area contributed by atoms with Crippen LogP contribution >= 0.6 is 23.1 Å². The van der Waals surface area contributed by atoms with Gasteiger partial charge in [0.15, 0.2) is 15.3 Å². The second-order valence-electron chi connectivity index (χ2n) is 10.8. The number of benzene rings is 4. The Morgan fingerprint density at radius 1 is 0.826 bits per heavy atom. The zero-order chi connectivity index (χ0) is 31.6. The van der Waals surface area contributed by atoms with Crippen molar-refractivity contribution in [1.29, 1.82) is 0 Å². The van der Waals surface area contributed by atoms with Gasteiger partial charge in [0.25, 0.3) is 11.8 Å². The number of hydrogen-bond donors (Lipinski definition) is 0. The standard InChI is InChI=1S/C34H20F2N4O4S2/c35-21-12-10-20(11-13-21)18-45-33-38-37-32(46-33)40-30(42)29-27(28(41)23-16-22(36)14-15-26(23)44-29)34(40)24-8-4-5-9-25(24)39(31(34)43)17-19-6-2-1-3-7-19/h1-16H,17-18H2. The van der Waals surface area contributed by atoms with Gasteiger partial charge >= 0.3 is 0 Å². The Hall–Kier alpha value is -5.20. The molecule has 6 aromatic rings. The molecule has 0 bridgehead atoms. The quantitative estimate of drug-likeness (QED) is 0.147. The first kappa shape index (κ1) is 28.3. The van der Waals surface area contributed by atoms with Crippen LogP contribution in [0.3, 0.4) is 0 Å². The molecule has 0 radical (unpaired) electrons. The minimum absolute atomic E-state index is 0.0168. The van der Waals surface area contributed by atoms with E-state index in [-0.39, 0.29) is 39.8 Å². The molecule has 2 aliphatic heterocycles. The predicted octanol–water partition coefficient (Wildman–Crippen LogP) is 6.67. The second kappa shape index (κ2) is 10.7. The average Bonchev–Trinajstić information content (AvgIpc) is 3.71. The molecular formula is C34H20F2N4O4S2. The highest BCUT2D eigenvalue weighted by Crippen LogP contribution is 2.55. The van der Waals surface area contributed by atoms with Gasteiger partial charge in [-0.2, -0.15) is 0 Å². The van der Waals surface area contributed by atoms with Gasteiger partial charge in [0.2, 0.25) is 10.9 Å². The number of fused-ring (bicyclic) bond motifs is 5. The second-order valence-corrected chi connectivity index (χ2v) is 13.0. The lowest BCUT2D eigenvalue weighted by molar-refractivity contribution is -0.121. The lowest BCUT2D eigenvalue weighted by Crippen LogP contribution is -2.53. The van der Waals surface area contributed by atoms with Crippen LogP contribution in [0, 0.1) is 11.6 Å². The summed E-state index contributed by atoms with van der Waals surface area (Å²) in [6.45, 7) is 0.165. The minimum atomic E-state index is -1.99. The normalized spacial score (nSPS) is 16.9. The Kier molecular flexibility index (Phi) is 6.59. The van der Waals surface area contributed by atoms with Crippen molar-refractivity contribution >= 4 is 56.7 Å². The van der Waals surface area contributed by atoms with Gasteiger partial charge in [0.1, 0.15) is 17.2 Å². The number of carbonyl (C=O) groups is 2. The van der Waals surface area contributed by atoms with Crippen LogP contribution in [0.15, 0.2) is 111 Å². The molecule has 12 heteroatoms. The van der Waals surface area contributed by atoms with Crippen LogP contribution in [0.4, 0.5) is 19.6 Å². The maximum absolute atomic E-state index is 15.0. The molecule has 226 valence electrons. The Labute approximate surface area is 267 Å². The lowest BCUT2D eigenvalue weighted by Gasteiger charge is -2.32. The highest BCUT2D eigenvalue weighted by molar-refractivity contribution is 8.00. The van der Waals surface area contributed by atoms with E-state index in [4.69, 9.17) is 4.42 Å². The maximum Gasteiger partial charge on any atom is 0.297 e. The molecule has 2 aliphatic rings. The van der Waals surface area contributed by atoms with E-state index in [2.05, 4.69) is 10.2 Å². The summed E-state index contributed by atoms with van der Waals surface area (Å²) in [5, 5.41) is 8.60. The Morgan fingerprint density at radius 3 is 2.37 bits per heavy atom. The molecule has 1 atom stereocenters. The van der Waals surface area contributed by atoms with Gasteiger partial charge in [0, 0.05) is 11.3 Å². The fourth-order valence-corrected chi connectivity index (χ4v) is 7.98. The third-order valence-corrected chi connectivity index (χ3v) is 10.2. The fourth-order valence-electron chi connectivity index (χ4n) is 6.14. The van der Waals surface area contributed by atoms with Crippen LogP contribution < -0.4 is 15.2 Å². The van der Waals surface area contributed by atoms with E-state index in [1.807, 2.05) is 30.3 Å². The maximum atomic E-state index is 15.0. The summed E-state index contributed by atoms with van der Waals surface area (Å²) in [4.78, 5) is 46.5. The third kappa shape index (κ3) is 4.21. The molecule has 4 aromatic carbocycles. The zero-order valence-corrected chi connectivity index (χ0v) is 25.3. The molecule has 1 unspecified atom stereocenters. The molecule has 1 spiro atoms. The Balaban J connectivity index is 1.32. The van der Waals surface area contributed by atoms with Gasteiger partial charge in [-0.15, -0.1) is 10.2 Å². The minimum Gasteiger partial charge on any atom is -0.450 e. The first-order chi connectivity index (χ1) is 22.4. The molecule has 0 saturated heterocycles. The number of carbonyl (C=O) groups excluding carboxylic acids is 2. The third-order valence-electron chi connectivity index (χ3n) is 8.13. The molecule has 2 aromatic heterocycles. The molecule has 2 amide bonds. The SMILES string of the molecule is O=C1c2oc3ccc(F)cc3c(=O)c2C2(C(=O)N(Cc3ccccc3)c3ccccc32)N1c1nnc(SCc2ccc(F)cc2)s1. The molecule has 4 heterocycles. The van der Waals surface area contributed by atoms with Crippen molar-refractivity contribution in [2.45, 2.75) is 22.2 Å². The van der Waals surface area contributed by atoms with Gasteiger partial charge in [0.05, 0.1) is 23.2 Å². The first-order valence-electron chi connectivity index (χ1n) is 14.1. The molecule has 0 N–H and O–H groups in total. The molecule has 0 aliphatic carbocycles. The number of rotatable bonds is 6. The zero-order valence-electron chi connectivity index (χ0n) is 23.6. The molecule has 8 nitrogen and oxygen atoms in total. The van der Waals surface area contributed by atoms with Crippen LogP contribution in [-0.4, -0.2) is 22.0 Å². The molecule has 46 heavy (non-hydrogen) atoms. The van der Waals surface area contributed by atoms with Crippen LogP contribution in [-0.2, 0) is 22.6 Å². The summed E-state index contributed by atoms with van der Waals surface area (Å²) in [5.74, 6) is -2.16. The van der Waals surface area contributed by atoms with E-state index in [1.54, 1.807) is 41.3 Å². The van der Waals surface area contributed by atoms with Crippen molar-refractivity contribution < 1.29 is 22.8 Å². The largest absolute Gasteiger partial charge is 0.450 e. The summed E-state index contributed by atoms with van der Waals surface area (Å²) in [5.41, 5.74) is -0.263. The van der Waals surface area contributed by atoms with Crippen LogP contribution in [0.5, 0.6) is 0 Å². The molecule has 0 fully saturated rings. The smallest absolute Gasteiger partial charge is 0.297 e. The highest BCUT2D eigenvalue weighted by Gasteiger charge is 2.66. The Bertz CT molecular complexity index is 2260. The van der Waals surface area contributed by atoms with Crippen molar-refractivity contribution in [1.82, 2.24) is 10.2 Å². The van der Waals surface area contributed by atoms with Gasteiger partial charge in [-0.1, -0.05) is 83.8 Å². The van der Waals surface area contributed by atoms with Gasteiger partial charge in [-0.05, 0) is 47.5 Å². The number of para-hydroxylation sites is 1. The molecular weight excluding hydrogens is 631 g/mol. The van der Waals surface area contributed by atoms with E-state index in [0.29, 0.717) is 21.3 Å². The van der Waals surface area contributed by atoms with Gasteiger partial charge < -0.3 is 9.32 Å². The summed E-state index contributed by atoms with van der Waals surface area (Å²) in [7, 11) is 0. The van der Waals surface area contributed by atoms with E-state index in [0.717, 1.165) is 34.6 Å². The number of aromatic nitrogens is 2. The average molecular weight is 651 g/mol. The topological polar surface area (TPSA) is 96.6 Å².